The zero-order valence-electron chi connectivity index (χ0n) is 13.0. The van der Waals surface area contributed by atoms with Crippen LogP contribution in [0.4, 0.5) is 0 Å². The highest BCUT2D eigenvalue weighted by molar-refractivity contribution is 5.96. The first kappa shape index (κ1) is 15.8. The van der Waals surface area contributed by atoms with Crippen molar-refractivity contribution in [2.45, 2.75) is 32.8 Å². The molecule has 5 heteroatoms. The Labute approximate surface area is 125 Å². The first-order chi connectivity index (χ1) is 9.99. The van der Waals surface area contributed by atoms with Crippen molar-refractivity contribution < 1.29 is 14.6 Å². The van der Waals surface area contributed by atoms with Crippen LogP contribution in [-0.2, 0) is 0 Å². The fourth-order valence-electron chi connectivity index (χ4n) is 2.11. The maximum Gasteiger partial charge on any atom is 0.259 e. The molecule has 116 valence electrons. The van der Waals surface area contributed by atoms with Gasteiger partial charge >= 0.3 is 0 Å². The van der Waals surface area contributed by atoms with Crippen molar-refractivity contribution in [1.82, 2.24) is 9.88 Å². The van der Waals surface area contributed by atoms with Gasteiger partial charge in [-0.3, -0.25) is 4.79 Å². The van der Waals surface area contributed by atoms with Crippen molar-refractivity contribution in [3.8, 4) is 5.88 Å². The summed E-state index contributed by atoms with van der Waals surface area (Å²) in [6.45, 7) is 4.96. The summed E-state index contributed by atoms with van der Waals surface area (Å²) in [7, 11) is 1.70. The van der Waals surface area contributed by atoms with Crippen molar-refractivity contribution in [1.29, 1.82) is 0 Å². The summed E-state index contributed by atoms with van der Waals surface area (Å²) in [5.74, 6) is 0.917. The zero-order chi connectivity index (χ0) is 15.4. The lowest BCUT2D eigenvalue weighted by atomic mass is 10.2. The maximum atomic E-state index is 12.5. The molecule has 1 unspecified atom stereocenters. The van der Waals surface area contributed by atoms with Gasteiger partial charge in [0.05, 0.1) is 12.7 Å². The predicted octanol–water partition coefficient (Wildman–Crippen LogP) is 1.96. The second-order valence-electron chi connectivity index (χ2n) is 6.15. The van der Waals surface area contributed by atoms with Crippen LogP contribution in [0.2, 0.25) is 0 Å². The molecule has 0 bridgehead atoms. The summed E-state index contributed by atoms with van der Waals surface area (Å²) in [5.41, 5.74) is 0.448. The molecule has 21 heavy (non-hydrogen) atoms. The van der Waals surface area contributed by atoms with Crippen molar-refractivity contribution >= 4 is 5.91 Å². The van der Waals surface area contributed by atoms with E-state index in [9.17, 15) is 9.90 Å². The summed E-state index contributed by atoms with van der Waals surface area (Å²) in [4.78, 5) is 18.2. The minimum atomic E-state index is -0.435. The topological polar surface area (TPSA) is 62.7 Å². The molecule has 1 atom stereocenters. The fourth-order valence-corrected chi connectivity index (χ4v) is 2.11. The van der Waals surface area contributed by atoms with Gasteiger partial charge in [-0.1, -0.05) is 13.8 Å². The fraction of sp³-hybridized carbons (Fsp3) is 0.625. The van der Waals surface area contributed by atoms with Crippen LogP contribution in [0.15, 0.2) is 18.3 Å². The van der Waals surface area contributed by atoms with Gasteiger partial charge in [0.1, 0.15) is 5.56 Å². The second-order valence-corrected chi connectivity index (χ2v) is 6.15. The Hall–Kier alpha value is -1.62. The van der Waals surface area contributed by atoms with Gasteiger partial charge in [0.2, 0.25) is 5.88 Å². The van der Waals surface area contributed by atoms with Gasteiger partial charge in [0, 0.05) is 19.8 Å². The van der Waals surface area contributed by atoms with Crippen molar-refractivity contribution in [2.75, 3.05) is 20.2 Å². The lowest BCUT2D eigenvalue weighted by Gasteiger charge is -2.21. The lowest BCUT2D eigenvalue weighted by Crippen LogP contribution is -2.35. The van der Waals surface area contributed by atoms with Crippen molar-refractivity contribution in [2.24, 2.45) is 11.8 Å². The van der Waals surface area contributed by atoms with E-state index in [1.807, 2.05) is 13.8 Å². The molecule has 0 aliphatic heterocycles. The minimum Gasteiger partial charge on any atom is -0.477 e. The van der Waals surface area contributed by atoms with E-state index < -0.39 is 6.10 Å². The quantitative estimate of drug-likeness (QED) is 0.834. The number of carbonyl (C=O) groups excluding carboxylic acids is 1. The summed E-state index contributed by atoms with van der Waals surface area (Å²) in [6.07, 6.45) is 3.29. The van der Waals surface area contributed by atoms with Crippen LogP contribution in [0.1, 0.15) is 37.0 Å². The number of aliphatic hydroxyl groups is 1. The standard InChI is InChI=1S/C16H24N2O3/c1-11(2)10-21-15-13(5-4-8-17-15)16(20)18(3)9-14(19)12-6-7-12/h4-5,8,11-12,14,19H,6-7,9-10H2,1-3H3. The number of aromatic nitrogens is 1. The van der Waals surface area contributed by atoms with Gasteiger partial charge in [0.15, 0.2) is 0 Å². The highest BCUT2D eigenvalue weighted by Gasteiger charge is 2.31. The summed E-state index contributed by atoms with van der Waals surface area (Å²) in [6, 6.07) is 3.44. The summed E-state index contributed by atoms with van der Waals surface area (Å²) in [5, 5.41) is 9.96. The van der Waals surface area contributed by atoms with E-state index in [4.69, 9.17) is 4.74 Å². The van der Waals surface area contributed by atoms with Gasteiger partial charge in [0.25, 0.3) is 5.91 Å². The maximum absolute atomic E-state index is 12.5. The van der Waals surface area contributed by atoms with E-state index >= 15 is 0 Å². The summed E-state index contributed by atoms with van der Waals surface area (Å²) < 4.78 is 5.61. The van der Waals surface area contributed by atoms with Crippen LogP contribution >= 0.6 is 0 Å². The van der Waals surface area contributed by atoms with Gasteiger partial charge in [-0.25, -0.2) is 4.98 Å². The number of ether oxygens (including phenoxy) is 1. The molecule has 1 saturated carbocycles. The smallest absolute Gasteiger partial charge is 0.259 e. The zero-order valence-corrected chi connectivity index (χ0v) is 13.0. The number of hydrogen-bond donors (Lipinski definition) is 1. The Morgan fingerprint density at radius 2 is 2.24 bits per heavy atom. The highest BCUT2D eigenvalue weighted by atomic mass is 16.5. The first-order valence-electron chi connectivity index (χ1n) is 7.50. The largest absolute Gasteiger partial charge is 0.477 e. The minimum absolute atomic E-state index is 0.165. The molecule has 0 saturated heterocycles. The predicted molar refractivity (Wildman–Crippen MR) is 80.3 cm³/mol. The van der Waals surface area contributed by atoms with E-state index in [0.717, 1.165) is 12.8 Å². The van der Waals surface area contributed by atoms with Crippen molar-refractivity contribution in [3.05, 3.63) is 23.9 Å². The van der Waals surface area contributed by atoms with Crippen LogP contribution in [-0.4, -0.2) is 47.2 Å². The van der Waals surface area contributed by atoms with E-state index in [-0.39, 0.29) is 5.91 Å². The number of carbonyl (C=O) groups is 1. The van der Waals surface area contributed by atoms with E-state index in [2.05, 4.69) is 4.98 Å². The SMILES string of the molecule is CC(C)COc1ncccc1C(=O)N(C)CC(O)C1CC1. The molecule has 2 rings (SSSR count). The number of amides is 1. The van der Waals surface area contributed by atoms with Crippen LogP contribution in [0.5, 0.6) is 5.88 Å². The van der Waals surface area contributed by atoms with Crippen LogP contribution in [0.3, 0.4) is 0 Å². The monoisotopic (exact) mass is 292 g/mol. The highest BCUT2D eigenvalue weighted by Crippen LogP contribution is 2.33. The Balaban J connectivity index is 2.03. The third-order valence-corrected chi connectivity index (χ3v) is 3.53. The number of hydrogen-bond acceptors (Lipinski definition) is 4. The van der Waals surface area contributed by atoms with E-state index in [1.165, 1.54) is 0 Å². The van der Waals surface area contributed by atoms with Gasteiger partial charge in [-0.05, 0) is 36.8 Å². The Kier molecular flexibility index (Phi) is 5.17. The lowest BCUT2D eigenvalue weighted by molar-refractivity contribution is 0.0640. The molecule has 1 N–H and O–H groups in total. The third kappa shape index (κ3) is 4.43. The molecule has 1 aliphatic rings. The molecule has 0 spiro atoms. The van der Waals surface area contributed by atoms with Crippen LogP contribution in [0, 0.1) is 11.8 Å². The average molecular weight is 292 g/mol. The van der Waals surface area contributed by atoms with E-state index in [0.29, 0.717) is 36.4 Å². The normalized spacial score (nSPS) is 15.9. The molecule has 1 aliphatic carbocycles. The van der Waals surface area contributed by atoms with Crippen LogP contribution < -0.4 is 4.74 Å². The van der Waals surface area contributed by atoms with Crippen LogP contribution in [0.25, 0.3) is 0 Å². The molecular formula is C16H24N2O3. The Bertz CT molecular complexity index is 486. The molecule has 0 radical (unpaired) electrons. The second kappa shape index (κ2) is 6.89. The van der Waals surface area contributed by atoms with Crippen molar-refractivity contribution in [3.63, 3.8) is 0 Å². The molecule has 0 aromatic carbocycles. The number of aliphatic hydroxyl groups excluding tert-OH is 1. The molecular weight excluding hydrogens is 268 g/mol. The van der Waals surface area contributed by atoms with Gasteiger partial charge in [-0.2, -0.15) is 0 Å². The third-order valence-electron chi connectivity index (χ3n) is 3.53. The molecule has 1 amide bonds. The number of pyridine rings is 1. The first-order valence-corrected chi connectivity index (χ1v) is 7.50. The van der Waals surface area contributed by atoms with E-state index in [1.54, 1.807) is 30.3 Å². The van der Waals surface area contributed by atoms with Gasteiger partial charge < -0.3 is 14.7 Å². The number of nitrogens with zero attached hydrogens (tertiary/aromatic N) is 2. The summed E-state index contributed by atoms with van der Waals surface area (Å²) >= 11 is 0. The molecule has 1 aromatic heterocycles. The molecule has 5 nitrogen and oxygen atoms in total. The Morgan fingerprint density at radius 1 is 1.52 bits per heavy atom. The van der Waals surface area contributed by atoms with Gasteiger partial charge in [-0.15, -0.1) is 0 Å². The molecule has 1 heterocycles. The Morgan fingerprint density at radius 3 is 2.86 bits per heavy atom. The number of likely N-dealkylation sites (N-methyl/N-ethyl adjacent to an activating group) is 1. The molecule has 1 aromatic rings. The average Bonchev–Trinajstić information content (AvgIpc) is 3.29. The molecule has 1 fully saturated rings. The number of rotatable bonds is 7.